The van der Waals surface area contributed by atoms with Crippen molar-refractivity contribution in [3.63, 3.8) is 0 Å². The van der Waals surface area contributed by atoms with Crippen LogP contribution in [0.25, 0.3) is 6.08 Å². The normalized spacial score (nSPS) is 17.7. The second kappa shape index (κ2) is 7.34. The zero-order chi connectivity index (χ0) is 19.0. The Kier molecular flexibility index (Phi) is 4.90. The number of halogens is 1. The van der Waals surface area contributed by atoms with Crippen LogP contribution in [0.2, 0.25) is 5.02 Å². The molecule has 2 heterocycles. The highest BCUT2D eigenvalue weighted by Crippen LogP contribution is 2.35. The molecule has 0 aromatic heterocycles. The lowest BCUT2D eigenvalue weighted by Gasteiger charge is -2.29. The molecule has 0 atom stereocenters. The predicted octanol–water partition coefficient (Wildman–Crippen LogP) is 3.75. The number of thioether (sulfide) groups is 1. The van der Waals surface area contributed by atoms with Crippen LogP contribution in [-0.4, -0.2) is 22.7 Å². The maximum Gasteiger partial charge on any atom is 0.265 e. The minimum Gasteiger partial charge on any atom is -0.482 e. The first kappa shape index (κ1) is 18.0. The molecule has 0 unspecified atom stereocenters. The van der Waals surface area contributed by atoms with Gasteiger partial charge in [-0.1, -0.05) is 53.8 Å². The van der Waals surface area contributed by atoms with Crippen LogP contribution in [0, 0.1) is 0 Å². The lowest BCUT2D eigenvalue weighted by Crippen LogP contribution is -2.38. The fourth-order valence-corrected chi connectivity index (χ4v) is 4.00. The van der Waals surface area contributed by atoms with E-state index in [0.29, 0.717) is 32.2 Å². The number of amides is 2. The molecular formula is C19H13ClN2O3S2. The Balaban J connectivity index is 1.67. The van der Waals surface area contributed by atoms with E-state index in [1.165, 1.54) is 11.8 Å². The number of hydrogen-bond acceptors (Lipinski definition) is 5. The van der Waals surface area contributed by atoms with Gasteiger partial charge in [0.25, 0.3) is 11.8 Å². The highest BCUT2D eigenvalue weighted by atomic mass is 35.5. The van der Waals surface area contributed by atoms with Crippen molar-refractivity contribution in [1.29, 1.82) is 0 Å². The number of carbonyl (C=O) groups excluding carboxylic acids is 2. The first-order chi connectivity index (χ1) is 13.0. The van der Waals surface area contributed by atoms with Crippen molar-refractivity contribution in [2.45, 2.75) is 6.54 Å². The fraction of sp³-hybridized carbons (Fsp3) is 0.105. The zero-order valence-corrected chi connectivity index (χ0v) is 16.3. The number of fused-ring (bicyclic) bond motifs is 1. The maximum atomic E-state index is 12.5. The molecule has 2 aliphatic heterocycles. The number of nitrogens with one attached hydrogen (secondary N) is 1. The van der Waals surface area contributed by atoms with Crippen molar-refractivity contribution >= 4 is 63.5 Å². The highest BCUT2D eigenvalue weighted by Gasteiger charge is 2.27. The van der Waals surface area contributed by atoms with Gasteiger partial charge in [-0.2, -0.15) is 0 Å². The lowest BCUT2D eigenvalue weighted by atomic mass is 10.1. The molecular weight excluding hydrogens is 404 g/mol. The van der Waals surface area contributed by atoms with Crippen molar-refractivity contribution in [1.82, 2.24) is 5.32 Å². The van der Waals surface area contributed by atoms with Crippen molar-refractivity contribution in [3.8, 4) is 5.75 Å². The Morgan fingerprint density at radius 3 is 2.70 bits per heavy atom. The Labute approximate surface area is 170 Å². The van der Waals surface area contributed by atoms with E-state index < -0.39 is 0 Å². The largest absolute Gasteiger partial charge is 0.482 e. The summed E-state index contributed by atoms with van der Waals surface area (Å²) in [4.78, 5) is 26.5. The monoisotopic (exact) mass is 416 g/mol. The number of benzene rings is 2. The predicted molar refractivity (Wildman–Crippen MR) is 111 cm³/mol. The quantitative estimate of drug-likeness (QED) is 0.610. The van der Waals surface area contributed by atoms with Crippen LogP contribution in [0.4, 0.5) is 5.69 Å². The van der Waals surface area contributed by atoms with Gasteiger partial charge in [0.1, 0.15) is 10.1 Å². The molecule has 0 spiro atoms. The average Bonchev–Trinajstić information content (AvgIpc) is 2.96. The molecule has 2 amide bonds. The summed E-state index contributed by atoms with van der Waals surface area (Å²) in [7, 11) is 0. The molecule has 136 valence electrons. The Morgan fingerprint density at radius 2 is 2.00 bits per heavy atom. The van der Waals surface area contributed by atoms with Gasteiger partial charge in [-0.25, -0.2) is 0 Å². The van der Waals surface area contributed by atoms with Crippen LogP contribution in [0.1, 0.15) is 11.1 Å². The molecule has 0 radical (unpaired) electrons. The summed E-state index contributed by atoms with van der Waals surface area (Å²) in [5.41, 5.74) is 2.41. The molecule has 27 heavy (non-hydrogen) atoms. The van der Waals surface area contributed by atoms with Crippen molar-refractivity contribution in [2.24, 2.45) is 0 Å². The Morgan fingerprint density at radius 1 is 1.22 bits per heavy atom. The van der Waals surface area contributed by atoms with Gasteiger partial charge >= 0.3 is 0 Å². The lowest BCUT2D eigenvalue weighted by molar-refractivity contribution is -0.121. The number of ether oxygens (including phenoxy) is 1. The first-order valence-corrected chi connectivity index (χ1v) is 9.66. The van der Waals surface area contributed by atoms with E-state index in [9.17, 15) is 9.59 Å². The molecule has 0 bridgehead atoms. The molecule has 2 aliphatic rings. The topological polar surface area (TPSA) is 58.6 Å². The zero-order valence-electron chi connectivity index (χ0n) is 13.9. The van der Waals surface area contributed by atoms with Crippen molar-refractivity contribution < 1.29 is 14.3 Å². The Bertz CT molecular complexity index is 989. The fourth-order valence-electron chi connectivity index (χ4n) is 2.83. The van der Waals surface area contributed by atoms with Gasteiger partial charge in [-0.15, -0.1) is 0 Å². The van der Waals surface area contributed by atoms with E-state index in [-0.39, 0.29) is 18.4 Å². The summed E-state index contributed by atoms with van der Waals surface area (Å²) in [5, 5.41) is 3.23. The van der Waals surface area contributed by atoms with Crippen LogP contribution < -0.4 is 15.0 Å². The van der Waals surface area contributed by atoms with Gasteiger partial charge in [0.2, 0.25) is 0 Å². The standard InChI is InChI=1S/C19H13ClN2O3S2/c20-13-4-1-11(2-5-13)9-22-14-7-12(3-6-15(14)25-10-17(22)23)8-16-18(24)21-19(26)27-16/h1-8H,9-10H2,(H,21,24,26)/b16-8-. The smallest absolute Gasteiger partial charge is 0.265 e. The Hall–Kier alpha value is -2.35. The highest BCUT2D eigenvalue weighted by molar-refractivity contribution is 8.26. The number of thiocarbonyl (C=S) groups is 1. The minimum absolute atomic E-state index is 0.00639. The van der Waals surface area contributed by atoms with Gasteiger partial charge in [0, 0.05) is 5.02 Å². The number of anilines is 1. The van der Waals surface area contributed by atoms with Gasteiger partial charge < -0.3 is 15.0 Å². The summed E-state index contributed by atoms with van der Waals surface area (Å²) in [5.74, 6) is 0.286. The second-order valence-corrected chi connectivity index (χ2v) is 8.13. The molecule has 1 fully saturated rings. The minimum atomic E-state index is -0.215. The maximum absolute atomic E-state index is 12.5. The first-order valence-electron chi connectivity index (χ1n) is 8.06. The van der Waals surface area contributed by atoms with E-state index in [1.807, 2.05) is 24.3 Å². The van der Waals surface area contributed by atoms with Crippen molar-refractivity contribution in [3.05, 3.63) is 63.5 Å². The summed E-state index contributed by atoms with van der Waals surface area (Å²) >= 11 is 12.2. The number of nitrogens with zero attached hydrogens (tertiary/aromatic N) is 1. The van der Waals surface area contributed by atoms with Gasteiger partial charge in [-0.3, -0.25) is 9.59 Å². The third kappa shape index (κ3) is 3.85. The molecule has 4 rings (SSSR count). The van der Waals surface area contributed by atoms with E-state index in [2.05, 4.69) is 5.32 Å². The van der Waals surface area contributed by atoms with Gasteiger partial charge in [0.05, 0.1) is 17.1 Å². The SMILES string of the molecule is O=C1NC(=S)S/C1=C\c1ccc2c(c1)N(Cc1ccc(Cl)cc1)C(=O)CO2. The van der Waals surface area contributed by atoms with E-state index >= 15 is 0 Å². The van der Waals surface area contributed by atoms with Crippen LogP contribution in [-0.2, 0) is 16.1 Å². The molecule has 2 aromatic carbocycles. The van der Waals surface area contributed by atoms with E-state index in [0.717, 1.165) is 11.1 Å². The molecule has 1 saturated heterocycles. The molecule has 0 saturated carbocycles. The third-order valence-corrected chi connectivity index (χ3v) is 5.53. The third-order valence-electron chi connectivity index (χ3n) is 4.12. The number of rotatable bonds is 3. The van der Waals surface area contributed by atoms with Crippen LogP contribution in [0.3, 0.4) is 0 Å². The molecule has 5 nitrogen and oxygen atoms in total. The van der Waals surface area contributed by atoms with Gasteiger partial charge in [0.15, 0.2) is 6.61 Å². The summed E-state index contributed by atoms with van der Waals surface area (Å²) < 4.78 is 5.98. The van der Waals surface area contributed by atoms with Crippen LogP contribution >= 0.6 is 35.6 Å². The van der Waals surface area contributed by atoms with Crippen molar-refractivity contribution in [2.75, 3.05) is 11.5 Å². The van der Waals surface area contributed by atoms with Crippen LogP contribution in [0.15, 0.2) is 47.4 Å². The van der Waals surface area contributed by atoms with Gasteiger partial charge in [-0.05, 0) is 41.5 Å². The number of carbonyl (C=O) groups is 2. The average molecular weight is 417 g/mol. The van der Waals surface area contributed by atoms with Crippen LogP contribution in [0.5, 0.6) is 5.75 Å². The van der Waals surface area contributed by atoms with E-state index in [1.54, 1.807) is 29.2 Å². The molecule has 2 aromatic rings. The molecule has 0 aliphatic carbocycles. The second-order valence-electron chi connectivity index (χ2n) is 5.97. The molecule has 1 N–H and O–H groups in total. The summed E-state index contributed by atoms with van der Waals surface area (Å²) in [6.45, 7) is 0.402. The number of hydrogen-bond donors (Lipinski definition) is 1. The molecule has 8 heteroatoms. The summed E-state index contributed by atoms with van der Waals surface area (Å²) in [6, 6.07) is 12.8. The van der Waals surface area contributed by atoms with E-state index in [4.69, 9.17) is 28.6 Å². The summed E-state index contributed by atoms with van der Waals surface area (Å²) in [6.07, 6.45) is 1.75.